The van der Waals surface area contributed by atoms with Crippen LogP contribution in [0, 0.1) is 0 Å². The number of carbonyl (C=O) groups excluding carboxylic acids is 4. The number of nitrogens with zero attached hydrogens (tertiary/aromatic N) is 1. The molecule has 0 radical (unpaired) electrons. The van der Waals surface area contributed by atoms with E-state index >= 15 is 0 Å². The Balaban J connectivity index is 0. The van der Waals surface area contributed by atoms with Crippen LogP contribution in [0.2, 0.25) is 0 Å². The molecule has 0 aliphatic rings. The number of ether oxygens (including phenoxy) is 1. The van der Waals surface area contributed by atoms with E-state index in [9.17, 15) is 24.3 Å². The number of hydrogen-bond donors (Lipinski definition) is 0. The van der Waals surface area contributed by atoms with Gasteiger partial charge in [0.05, 0.1) is 25.0 Å². The molecule has 1 atom stereocenters. The summed E-state index contributed by atoms with van der Waals surface area (Å²) < 4.78 is 4.78. The number of imide groups is 1. The Hall–Kier alpha value is -0.920. The van der Waals surface area contributed by atoms with Crippen molar-refractivity contribution >= 4 is 23.8 Å². The van der Waals surface area contributed by atoms with Crippen LogP contribution in [0.15, 0.2) is 0 Å². The molecule has 8 heteroatoms. The first-order valence-corrected chi connectivity index (χ1v) is 10.1. The number of carbonyl (C=O) groups is 4. The molecule has 0 rings (SSSR count). The van der Waals surface area contributed by atoms with E-state index in [4.69, 9.17) is 4.74 Å². The predicted octanol–water partition coefficient (Wildman–Crippen LogP) is -0.642. The van der Waals surface area contributed by atoms with Gasteiger partial charge in [-0.1, -0.05) is 52.4 Å². The summed E-state index contributed by atoms with van der Waals surface area (Å²) in [6.45, 7) is 5.77. The summed E-state index contributed by atoms with van der Waals surface area (Å²) in [6, 6.07) is -1.62. The average molecular weight is 407 g/mol. The van der Waals surface area contributed by atoms with E-state index in [-0.39, 0.29) is 49.0 Å². The molecule has 7 nitrogen and oxygen atoms in total. The van der Waals surface area contributed by atoms with Crippen molar-refractivity contribution in [2.45, 2.75) is 97.4 Å². The van der Waals surface area contributed by atoms with Crippen LogP contribution in [-0.4, -0.2) is 41.3 Å². The monoisotopic (exact) mass is 407 g/mol. The van der Waals surface area contributed by atoms with E-state index in [2.05, 4.69) is 0 Å². The first kappa shape index (κ1) is 29.3. The normalized spacial score (nSPS) is 11.2. The van der Waals surface area contributed by atoms with Crippen molar-refractivity contribution in [1.29, 1.82) is 0 Å². The molecular weight excluding hydrogens is 373 g/mol. The van der Waals surface area contributed by atoms with Crippen molar-refractivity contribution < 1.29 is 58.6 Å². The van der Waals surface area contributed by atoms with Gasteiger partial charge in [-0.2, -0.15) is 0 Å². The summed E-state index contributed by atoms with van der Waals surface area (Å²) in [5.41, 5.74) is 0. The SMILES string of the molecule is CCCCCCC(=O)N(C(=O)CCCCCC)C(CC(=O)OCC)C(=O)[O-].[Na+]. The largest absolute Gasteiger partial charge is 1.00 e. The first-order chi connectivity index (χ1) is 12.9. The fraction of sp³-hybridized carbons (Fsp3) is 0.800. The van der Waals surface area contributed by atoms with E-state index in [1.54, 1.807) is 6.92 Å². The zero-order valence-electron chi connectivity index (χ0n) is 18.0. The van der Waals surface area contributed by atoms with E-state index in [0.29, 0.717) is 12.8 Å². The average Bonchev–Trinajstić information content (AvgIpc) is 2.62. The molecular formula is C20H34NNaO6. The van der Waals surface area contributed by atoms with Crippen LogP contribution in [0.3, 0.4) is 0 Å². The molecule has 0 spiro atoms. The van der Waals surface area contributed by atoms with E-state index in [1.165, 1.54) is 0 Å². The van der Waals surface area contributed by atoms with Gasteiger partial charge < -0.3 is 14.6 Å². The topological polar surface area (TPSA) is 104 Å². The number of amides is 2. The predicted molar refractivity (Wildman–Crippen MR) is 99.4 cm³/mol. The molecule has 0 saturated heterocycles. The minimum absolute atomic E-state index is 0. The fourth-order valence-corrected chi connectivity index (χ4v) is 2.79. The summed E-state index contributed by atoms with van der Waals surface area (Å²) >= 11 is 0. The molecule has 0 aromatic heterocycles. The number of esters is 1. The van der Waals surface area contributed by atoms with E-state index in [1.807, 2.05) is 13.8 Å². The second-order valence-electron chi connectivity index (χ2n) is 6.62. The molecule has 0 saturated carbocycles. The number of hydrogen-bond acceptors (Lipinski definition) is 6. The van der Waals surface area contributed by atoms with Crippen molar-refractivity contribution in [2.75, 3.05) is 6.61 Å². The van der Waals surface area contributed by atoms with Gasteiger partial charge in [-0.25, -0.2) is 0 Å². The zero-order chi connectivity index (χ0) is 20.7. The first-order valence-electron chi connectivity index (χ1n) is 10.1. The number of aliphatic carboxylic acids is 1. The van der Waals surface area contributed by atoms with Crippen molar-refractivity contribution in [3.8, 4) is 0 Å². The molecule has 0 aromatic carbocycles. The standard InChI is InChI=1S/C20H35NO6.Na/c1-4-7-9-11-13-17(22)21(18(23)14-12-10-8-5-2)16(20(25)26)15-19(24)27-6-3;/h16H,4-15H2,1-3H3,(H,25,26);/q;+1/p-1. The Morgan fingerprint density at radius 3 is 1.64 bits per heavy atom. The van der Waals surface area contributed by atoms with E-state index < -0.39 is 36.2 Å². The summed E-state index contributed by atoms with van der Waals surface area (Å²) in [4.78, 5) is 49.2. The van der Waals surface area contributed by atoms with Crippen LogP contribution in [0.1, 0.15) is 91.4 Å². The van der Waals surface area contributed by atoms with Gasteiger partial charge in [0, 0.05) is 12.8 Å². The molecule has 156 valence electrons. The Morgan fingerprint density at radius 1 is 0.821 bits per heavy atom. The van der Waals surface area contributed by atoms with Gasteiger partial charge in [0.2, 0.25) is 11.8 Å². The van der Waals surface area contributed by atoms with Crippen LogP contribution in [0.25, 0.3) is 0 Å². The minimum Gasteiger partial charge on any atom is -0.548 e. The Bertz CT molecular complexity index is 459. The third-order valence-corrected chi connectivity index (χ3v) is 4.27. The van der Waals surface area contributed by atoms with Gasteiger partial charge in [0.1, 0.15) is 0 Å². The summed E-state index contributed by atoms with van der Waals surface area (Å²) in [6.07, 6.45) is 6.30. The maximum atomic E-state index is 12.6. The van der Waals surface area contributed by atoms with Crippen LogP contribution in [0.4, 0.5) is 0 Å². The van der Waals surface area contributed by atoms with Gasteiger partial charge in [-0.15, -0.1) is 0 Å². The number of unbranched alkanes of at least 4 members (excludes halogenated alkanes) is 6. The fourth-order valence-electron chi connectivity index (χ4n) is 2.79. The smallest absolute Gasteiger partial charge is 0.548 e. The van der Waals surface area contributed by atoms with Crippen LogP contribution >= 0.6 is 0 Å². The second-order valence-corrected chi connectivity index (χ2v) is 6.62. The molecule has 2 amide bonds. The minimum atomic E-state index is -1.62. The zero-order valence-corrected chi connectivity index (χ0v) is 20.0. The quantitative estimate of drug-likeness (QED) is 0.203. The van der Waals surface area contributed by atoms with Gasteiger partial charge in [0.25, 0.3) is 0 Å². The molecule has 0 bridgehead atoms. The van der Waals surface area contributed by atoms with Crippen LogP contribution < -0.4 is 34.7 Å². The van der Waals surface area contributed by atoms with Gasteiger partial charge in [-0.3, -0.25) is 19.3 Å². The molecule has 0 aliphatic carbocycles. The van der Waals surface area contributed by atoms with Crippen molar-refractivity contribution in [3.63, 3.8) is 0 Å². The van der Waals surface area contributed by atoms with E-state index in [0.717, 1.165) is 43.4 Å². The number of rotatable bonds is 15. The maximum Gasteiger partial charge on any atom is 1.00 e. The molecule has 0 aliphatic heterocycles. The van der Waals surface area contributed by atoms with Gasteiger partial charge in [-0.05, 0) is 19.8 Å². The Kier molecular flexibility index (Phi) is 19.0. The molecule has 0 aromatic rings. The molecule has 0 fully saturated rings. The van der Waals surface area contributed by atoms with Crippen molar-refractivity contribution in [1.82, 2.24) is 4.90 Å². The summed E-state index contributed by atoms with van der Waals surface area (Å²) in [7, 11) is 0. The van der Waals surface area contributed by atoms with Crippen molar-refractivity contribution in [2.24, 2.45) is 0 Å². The number of carboxylic acids is 1. The molecule has 0 N–H and O–H groups in total. The van der Waals surface area contributed by atoms with Crippen LogP contribution in [-0.2, 0) is 23.9 Å². The molecule has 28 heavy (non-hydrogen) atoms. The van der Waals surface area contributed by atoms with Gasteiger partial charge in [0.15, 0.2) is 0 Å². The third kappa shape index (κ3) is 12.5. The summed E-state index contributed by atoms with van der Waals surface area (Å²) in [5, 5.41) is 11.6. The molecule has 1 unspecified atom stereocenters. The second kappa shape index (κ2) is 18.1. The van der Waals surface area contributed by atoms with Crippen LogP contribution in [0.5, 0.6) is 0 Å². The Labute approximate surface area is 190 Å². The summed E-state index contributed by atoms with van der Waals surface area (Å²) in [5.74, 6) is -3.52. The Morgan fingerprint density at radius 2 is 1.29 bits per heavy atom. The maximum absolute atomic E-state index is 12.6. The third-order valence-electron chi connectivity index (χ3n) is 4.27. The number of carboxylic acid groups (broad SMARTS) is 1. The molecule has 0 heterocycles. The van der Waals surface area contributed by atoms with Crippen molar-refractivity contribution in [3.05, 3.63) is 0 Å². The van der Waals surface area contributed by atoms with Gasteiger partial charge >= 0.3 is 35.5 Å².